The summed E-state index contributed by atoms with van der Waals surface area (Å²) in [6.07, 6.45) is 1.44. The fourth-order valence-electron chi connectivity index (χ4n) is 2.31. The molecule has 0 aliphatic rings. The first-order chi connectivity index (χ1) is 13.0. The number of hydrogen-bond acceptors (Lipinski definition) is 5. The van der Waals surface area contributed by atoms with E-state index in [2.05, 4.69) is 10.6 Å². The molecule has 0 saturated heterocycles. The molecule has 0 spiro atoms. The van der Waals surface area contributed by atoms with E-state index in [-0.39, 0.29) is 6.42 Å². The van der Waals surface area contributed by atoms with E-state index in [1.54, 1.807) is 0 Å². The maximum absolute atomic E-state index is 12.0. The van der Waals surface area contributed by atoms with Gasteiger partial charge in [0.05, 0.1) is 0 Å². The molecule has 0 saturated carbocycles. The van der Waals surface area contributed by atoms with Gasteiger partial charge in [0.25, 0.3) is 0 Å². The van der Waals surface area contributed by atoms with E-state index in [1.165, 1.54) is 0 Å². The number of carbonyl (C=O) groups is 2. The van der Waals surface area contributed by atoms with Crippen molar-refractivity contribution in [2.75, 3.05) is 0 Å². The molecule has 0 fully saturated rings. The van der Waals surface area contributed by atoms with E-state index >= 15 is 0 Å². The Kier molecular flexibility index (Phi) is 8.24. The lowest BCUT2D eigenvalue weighted by molar-refractivity contribution is -0.120. The predicted octanol–water partition coefficient (Wildman–Crippen LogP) is 0.530. The average Bonchev–Trinajstić information content (AvgIpc) is 2.66. The van der Waals surface area contributed by atoms with Gasteiger partial charge in [-0.05, 0) is 11.1 Å². The Bertz CT molecular complexity index is 753. The molecule has 0 aliphatic carbocycles. The number of rotatable bonds is 9. The SMILES string of the molecule is O=C(/C=C/C(=O)N[C@@H](Cc1ccccc1)OB(O)O)NCc1ccccc1. The molecule has 0 unspecified atom stereocenters. The molecule has 0 heterocycles. The summed E-state index contributed by atoms with van der Waals surface area (Å²) >= 11 is 0. The molecule has 0 bridgehead atoms. The molecule has 2 aromatic rings. The molecule has 4 N–H and O–H groups in total. The van der Waals surface area contributed by atoms with Gasteiger partial charge in [0.2, 0.25) is 11.8 Å². The second kappa shape index (κ2) is 10.9. The highest BCUT2D eigenvalue weighted by molar-refractivity contribution is 6.32. The summed E-state index contributed by atoms with van der Waals surface area (Å²) in [5, 5.41) is 23.2. The van der Waals surface area contributed by atoms with Crippen LogP contribution >= 0.6 is 0 Å². The van der Waals surface area contributed by atoms with Gasteiger partial charge in [-0.1, -0.05) is 60.7 Å². The Morgan fingerprint density at radius 1 is 0.926 bits per heavy atom. The normalized spacial score (nSPS) is 11.8. The van der Waals surface area contributed by atoms with Crippen LogP contribution in [0.4, 0.5) is 0 Å². The maximum Gasteiger partial charge on any atom is 0.635 e. The van der Waals surface area contributed by atoms with Crippen LogP contribution in [-0.2, 0) is 27.2 Å². The molecule has 1 atom stereocenters. The van der Waals surface area contributed by atoms with E-state index < -0.39 is 25.4 Å². The lowest BCUT2D eigenvalue weighted by atomic mass is 10.1. The van der Waals surface area contributed by atoms with Crippen molar-refractivity contribution in [1.82, 2.24) is 10.6 Å². The topological polar surface area (TPSA) is 108 Å². The highest BCUT2D eigenvalue weighted by atomic mass is 16.6. The van der Waals surface area contributed by atoms with Crippen molar-refractivity contribution in [2.45, 2.75) is 19.2 Å². The van der Waals surface area contributed by atoms with Crippen LogP contribution in [0.1, 0.15) is 11.1 Å². The minimum Gasteiger partial charge on any atom is -0.402 e. The fraction of sp³-hybridized carbons (Fsp3) is 0.158. The van der Waals surface area contributed by atoms with Crippen molar-refractivity contribution in [3.8, 4) is 0 Å². The highest BCUT2D eigenvalue weighted by Crippen LogP contribution is 2.05. The quantitative estimate of drug-likeness (QED) is 0.293. The van der Waals surface area contributed by atoms with Gasteiger partial charge in [0, 0.05) is 25.1 Å². The van der Waals surface area contributed by atoms with Crippen molar-refractivity contribution >= 4 is 19.1 Å². The van der Waals surface area contributed by atoms with Crippen molar-refractivity contribution in [1.29, 1.82) is 0 Å². The van der Waals surface area contributed by atoms with Crippen LogP contribution in [-0.4, -0.2) is 35.4 Å². The zero-order valence-electron chi connectivity index (χ0n) is 14.6. The van der Waals surface area contributed by atoms with Crippen LogP contribution < -0.4 is 10.6 Å². The lowest BCUT2D eigenvalue weighted by Crippen LogP contribution is -2.41. The maximum atomic E-state index is 12.0. The van der Waals surface area contributed by atoms with Gasteiger partial charge >= 0.3 is 7.32 Å². The third-order valence-corrected chi connectivity index (χ3v) is 3.55. The van der Waals surface area contributed by atoms with E-state index in [0.29, 0.717) is 6.54 Å². The molecular formula is C19H21BN2O5. The average molecular weight is 368 g/mol. The first-order valence-corrected chi connectivity index (χ1v) is 8.39. The minimum absolute atomic E-state index is 0.234. The van der Waals surface area contributed by atoms with Crippen molar-refractivity contribution in [3.05, 3.63) is 83.9 Å². The van der Waals surface area contributed by atoms with Gasteiger partial charge in [0.1, 0.15) is 6.23 Å². The molecule has 140 valence electrons. The summed E-state index contributed by atoms with van der Waals surface area (Å²) < 4.78 is 4.88. The Hall–Kier alpha value is -2.94. The Balaban J connectivity index is 1.84. The second-order valence-corrected chi connectivity index (χ2v) is 5.69. The summed E-state index contributed by atoms with van der Waals surface area (Å²) in [4.78, 5) is 23.8. The Morgan fingerprint density at radius 3 is 2.07 bits per heavy atom. The number of hydrogen-bond donors (Lipinski definition) is 4. The Labute approximate surface area is 157 Å². The molecule has 27 heavy (non-hydrogen) atoms. The van der Waals surface area contributed by atoms with E-state index in [0.717, 1.165) is 23.3 Å². The van der Waals surface area contributed by atoms with Gasteiger partial charge in [-0.15, -0.1) is 0 Å². The van der Waals surface area contributed by atoms with Crippen LogP contribution in [0.2, 0.25) is 0 Å². The second-order valence-electron chi connectivity index (χ2n) is 5.69. The van der Waals surface area contributed by atoms with Crippen LogP contribution in [0.15, 0.2) is 72.8 Å². The third kappa shape index (κ3) is 8.32. The number of carbonyl (C=O) groups excluding carboxylic acids is 2. The summed E-state index contributed by atoms with van der Waals surface area (Å²) in [6.45, 7) is 0.349. The lowest BCUT2D eigenvalue weighted by Gasteiger charge is -2.18. The van der Waals surface area contributed by atoms with Crippen LogP contribution in [0.3, 0.4) is 0 Å². The molecule has 2 aromatic carbocycles. The van der Waals surface area contributed by atoms with Gasteiger partial charge in [-0.25, -0.2) is 0 Å². The predicted molar refractivity (Wildman–Crippen MR) is 101 cm³/mol. The standard InChI is InChI=1S/C19H21BN2O5/c23-17(21-14-16-9-5-2-6-10-16)11-12-18(24)22-19(27-20(25)26)13-15-7-3-1-4-8-15/h1-12,19,25-26H,13-14H2,(H,21,23)(H,22,24)/b12-11+/t19-/m1/s1. The third-order valence-electron chi connectivity index (χ3n) is 3.55. The Morgan fingerprint density at radius 2 is 1.48 bits per heavy atom. The van der Waals surface area contributed by atoms with Gasteiger partial charge in [-0.2, -0.15) is 0 Å². The van der Waals surface area contributed by atoms with Gasteiger partial charge < -0.3 is 25.3 Å². The molecule has 0 aromatic heterocycles. The number of nitrogens with one attached hydrogen (secondary N) is 2. The van der Waals surface area contributed by atoms with Gasteiger partial charge in [-0.3, -0.25) is 9.59 Å². The van der Waals surface area contributed by atoms with E-state index in [1.807, 2.05) is 60.7 Å². The van der Waals surface area contributed by atoms with Crippen LogP contribution in [0, 0.1) is 0 Å². The molecule has 0 radical (unpaired) electrons. The molecular weight excluding hydrogens is 347 g/mol. The molecule has 8 heteroatoms. The smallest absolute Gasteiger partial charge is 0.402 e. The van der Waals surface area contributed by atoms with Crippen molar-refractivity contribution < 1.29 is 24.3 Å². The minimum atomic E-state index is -2.03. The van der Waals surface area contributed by atoms with E-state index in [4.69, 9.17) is 14.7 Å². The van der Waals surface area contributed by atoms with E-state index in [9.17, 15) is 9.59 Å². The summed E-state index contributed by atoms with van der Waals surface area (Å²) in [5.74, 6) is -1.01. The first-order valence-electron chi connectivity index (χ1n) is 8.39. The summed E-state index contributed by atoms with van der Waals surface area (Å²) in [7, 11) is -2.03. The van der Waals surface area contributed by atoms with Crippen molar-refractivity contribution in [2.24, 2.45) is 0 Å². The van der Waals surface area contributed by atoms with Crippen LogP contribution in [0.5, 0.6) is 0 Å². The fourth-order valence-corrected chi connectivity index (χ4v) is 2.31. The summed E-state index contributed by atoms with van der Waals surface area (Å²) in [6, 6.07) is 18.5. The van der Waals surface area contributed by atoms with Crippen molar-refractivity contribution in [3.63, 3.8) is 0 Å². The monoisotopic (exact) mass is 368 g/mol. The van der Waals surface area contributed by atoms with Crippen LogP contribution in [0.25, 0.3) is 0 Å². The zero-order chi connectivity index (χ0) is 19.5. The number of benzene rings is 2. The first kappa shape index (κ1) is 20.4. The zero-order valence-corrected chi connectivity index (χ0v) is 14.6. The number of amides is 2. The largest absolute Gasteiger partial charge is 0.635 e. The highest BCUT2D eigenvalue weighted by Gasteiger charge is 2.19. The molecule has 0 aliphatic heterocycles. The molecule has 2 rings (SSSR count). The molecule has 2 amide bonds. The van der Waals surface area contributed by atoms with Gasteiger partial charge in [0.15, 0.2) is 0 Å². The molecule has 7 nitrogen and oxygen atoms in total. The summed E-state index contributed by atoms with van der Waals surface area (Å²) in [5.41, 5.74) is 1.78.